The molecule has 0 spiro atoms. The number of nitrogens with one attached hydrogen (secondary N) is 3. The predicted octanol–water partition coefficient (Wildman–Crippen LogP) is 0.734. The fraction of sp³-hybridized carbons (Fsp3) is 0.600. The van der Waals surface area contributed by atoms with Gasteiger partial charge in [-0.05, 0) is 12.8 Å². The SMILES string of the molecule is Nc1[nH]ncc1CNC(=O)NC1CCCC1. The summed E-state index contributed by atoms with van der Waals surface area (Å²) in [6.45, 7) is 0.404. The highest BCUT2D eigenvalue weighted by Gasteiger charge is 2.16. The predicted molar refractivity (Wildman–Crippen MR) is 60.6 cm³/mol. The second-order valence-electron chi connectivity index (χ2n) is 4.12. The van der Waals surface area contributed by atoms with Crippen LogP contribution in [0.15, 0.2) is 6.20 Å². The Morgan fingerprint density at radius 3 is 2.94 bits per heavy atom. The van der Waals surface area contributed by atoms with Crippen molar-refractivity contribution in [2.75, 3.05) is 5.73 Å². The van der Waals surface area contributed by atoms with Crippen molar-refractivity contribution < 1.29 is 4.79 Å². The Hall–Kier alpha value is -1.72. The Morgan fingerprint density at radius 2 is 2.31 bits per heavy atom. The molecule has 1 heterocycles. The summed E-state index contributed by atoms with van der Waals surface area (Å²) in [6, 6.07) is 0.203. The van der Waals surface area contributed by atoms with Crippen LogP contribution >= 0.6 is 0 Å². The van der Waals surface area contributed by atoms with Crippen LogP contribution in [0.2, 0.25) is 0 Å². The van der Waals surface area contributed by atoms with Gasteiger partial charge in [-0.15, -0.1) is 0 Å². The number of nitrogen functional groups attached to an aromatic ring is 1. The van der Waals surface area contributed by atoms with Gasteiger partial charge in [0.2, 0.25) is 0 Å². The van der Waals surface area contributed by atoms with Crippen LogP contribution in [0, 0.1) is 0 Å². The fourth-order valence-corrected chi connectivity index (χ4v) is 1.94. The van der Waals surface area contributed by atoms with E-state index in [2.05, 4.69) is 20.8 Å². The number of hydrogen-bond acceptors (Lipinski definition) is 3. The Kier molecular flexibility index (Phi) is 3.28. The highest BCUT2D eigenvalue weighted by Crippen LogP contribution is 2.17. The molecule has 1 saturated carbocycles. The molecule has 88 valence electrons. The first kappa shape index (κ1) is 10.8. The van der Waals surface area contributed by atoms with E-state index in [1.807, 2.05) is 0 Å². The van der Waals surface area contributed by atoms with Gasteiger partial charge in [0.1, 0.15) is 5.82 Å². The van der Waals surface area contributed by atoms with Crippen LogP contribution in [0.4, 0.5) is 10.6 Å². The standard InChI is InChI=1S/C10H17N5O/c11-9-7(6-13-15-9)5-12-10(16)14-8-3-1-2-4-8/h6,8H,1-5H2,(H3,11,13,15)(H2,12,14,16). The molecule has 0 atom stereocenters. The van der Waals surface area contributed by atoms with Crippen molar-refractivity contribution in [2.45, 2.75) is 38.3 Å². The monoisotopic (exact) mass is 223 g/mol. The molecule has 1 aromatic rings. The third-order valence-electron chi connectivity index (χ3n) is 2.88. The largest absolute Gasteiger partial charge is 0.384 e. The summed E-state index contributed by atoms with van der Waals surface area (Å²) in [4.78, 5) is 11.5. The molecule has 5 N–H and O–H groups in total. The van der Waals surface area contributed by atoms with E-state index in [-0.39, 0.29) is 6.03 Å². The number of amides is 2. The molecular formula is C10H17N5O. The van der Waals surface area contributed by atoms with Crippen molar-refractivity contribution in [3.63, 3.8) is 0 Å². The van der Waals surface area contributed by atoms with E-state index in [0.29, 0.717) is 18.4 Å². The zero-order valence-electron chi connectivity index (χ0n) is 9.12. The van der Waals surface area contributed by atoms with Crippen LogP contribution < -0.4 is 16.4 Å². The van der Waals surface area contributed by atoms with E-state index in [1.54, 1.807) is 6.20 Å². The van der Waals surface area contributed by atoms with Crippen molar-refractivity contribution >= 4 is 11.8 Å². The lowest BCUT2D eigenvalue weighted by molar-refractivity contribution is 0.236. The van der Waals surface area contributed by atoms with Crippen LogP contribution in [0.25, 0.3) is 0 Å². The molecule has 1 aliphatic carbocycles. The first-order chi connectivity index (χ1) is 7.75. The molecule has 0 saturated heterocycles. The van der Waals surface area contributed by atoms with Gasteiger partial charge in [-0.2, -0.15) is 5.10 Å². The van der Waals surface area contributed by atoms with Gasteiger partial charge in [0, 0.05) is 18.2 Å². The number of rotatable bonds is 3. The molecule has 6 nitrogen and oxygen atoms in total. The summed E-state index contributed by atoms with van der Waals surface area (Å²) in [5, 5.41) is 12.1. The first-order valence-electron chi connectivity index (χ1n) is 5.58. The van der Waals surface area contributed by atoms with Crippen molar-refractivity contribution in [1.82, 2.24) is 20.8 Å². The maximum absolute atomic E-state index is 11.5. The van der Waals surface area contributed by atoms with Gasteiger partial charge in [-0.3, -0.25) is 5.10 Å². The summed E-state index contributed by atoms with van der Waals surface area (Å²) in [6.07, 6.45) is 6.20. The molecule has 0 radical (unpaired) electrons. The van der Waals surface area contributed by atoms with Crippen LogP contribution in [0.3, 0.4) is 0 Å². The molecule has 1 aliphatic rings. The minimum Gasteiger partial charge on any atom is -0.384 e. The van der Waals surface area contributed by atoms with E-state index in [4.69, 9.17) is 5.73 Å². The summed E-state index contributed by atoms with van der Waals surface area (Å²) >= 11 is 0. The smallest absolute Gasteiger partial charge is 0.315 e. The van der Waals surface area contributed by atoms with E-state index in [0.717, 1.165) is 18.4 Å². The topological polar surface area (TPSA) is 95.8 Å². The second-order valence-corrected chi connectivity index (χ2v) is 4.12. The van der Waals surface area contributed by atoms with Gasteiger partial charge in [0.25, 0.3) is 0 Å². The molecule has 0 bridgehead atoms. The summed E-state index contributed by atoms with van der Waals surface area (Å²) in [5.74, 6) is 0.501. The molecule has 2 amide bonds. The van der Waals surface area contributed by atoms with E-state index in [1.165, 1.54) is 12.8 Å². The molecule has 16 heavy (non-hydrogen) atoms. The van der Waals surface area contributed by atoms with Gasteiger partial charge in [0.15, 0.2) is 0 Å². The molecule has 2 rings (SSSR count). The molecule has 6 heteroatoms. The van der Waals surface area contributed by atoms with Crippen molar-refractivity contribution in [1.29, 1.82) is 0 Å². The average Bonchev–Trinajstić information content (AvgIpc) is 2.87. The van der Waals surface area contributed by atoms with Gasteiger partial charge >= 0.3 is 6.03 Å². The minimum atomic E-state index is -0.132. The highest BCUT2D eigenvalue weighted by molar-refractivity contribution is 5.74. The van der Waals surface area contributed by atoms with Crippen LogP contribution in [0.1, 0.15) is 31.2 Å². The minimum absolute atomic E-state index is 0.132. The molecule has 0 aromatic carbocycles. The van der Waals surface area contributed by atoms with Crippen molar-refractivity contribution in [3.05, 3.63) is 11.8 Å². The Morgan fingerprint density at radius 1 is 1.56 bits per heavy atom. The lowest BCUT2D eigenvalue weighted by atomic mass is 10.2. The summed E-state index contributed by atoms with van der Waals surface area (Å²) < 4.78 is 0. The van der Waals surface area contributed by atoms with Crippen molar-refractivity contribution in [3.8, 4) is 0 Å². The Balaban J connectivity index is 1.73. The third-order valence-corrected chi connectivity index (χ3v) is 2.88. The van der Waals surface area contributed by atoms with Gasteiger partial charge in [-0.25, -0.2) is 4.79 Å². The molecular weight excluding hydrogens is 206 g/mol. The number of H-pyrrole nitrogens is 1. The van der Waals surface area contributed by atoms with E-state index >= 15 is 0 Å². The Labute approximate surface area is 94.0 Å². The second kappa shape index (κ2) is 4.87. The molecule has 1 aromatic heterocycles. The number of carbonyl (C=O) groups is 1. The summed E-state index contributed by atoms with van der Waals surface area (Å²) in [7, 11) is 0. The zero-order chi connectivity index (χ0) is 11.4. The fourth-order valence-electron chi connectivity index (χ4n) is 1.94. The molecule has 0 aliphatic heterocycles. The first-order valence-corrected chi connectivity index (χ1v) is 5.58. The van der Waals surface area contributed by atoms with Gasteiger partial charge < -0.3 is 16.4 Å². The number of anilines is 1. The lowest BCUT2D eigenvalue weighted by Crippen LogP contribution is -2.40. The number of aromatic amines is 1. The average molecular weight is 223 g/mol. The van der Waals surface area contributed by atoms with Gasteiger partial charge in [0.05, 0.1) is 6.20 Å². The lowest BCUT2D eigenvalue weighted by Gasteiger charge is -2.12. The van der Waals surface area contributed by atoms with E-state index < -0.39 is 0 Å². The van der Waals surface area contributed by atoms with Crippen LogP contribution in [-0.2, 0) is 6.54 Å². The van der Waals surface area contributed by atoms with Crippen LogP contribution in [-0.4, -0.2) is 22.3 Å². The highest BCUT2D eigenvalue weighted by atomic mass is 16.2. The maximum atomic E-state index is 11.5. The Bertz CT molecular complexity index is 356. The maximum Gasteiger partial charge on any atom is 0.315 e. The number of carbonyl (C=O) groups excluding carboxylic acids is 1. The van der Waals surface area contributed by atoms with E-state index in [9.17, 15) is 4.79 Å². The molecule has 0 unspecified atom stereocenters. The van der Waals surface area contributed by atoms with Crippen molar-refractivity contribution in [2.24, 2.45) is 0 Å². The van der Waals surface area contributed by atoms with Crippen LogP contribution in [0.5, 0.6) is 0 Å². The van der Waals surface area contributed by atoms with Gasteiger partial charge in [-0.1, -0.05) is 12.8 Å². The molecule has 1 fully saturated rings. The number of nitrogens with zero attached hydrogens (tertiary/aromatic N) is 1. The normalized spacial score (nSPS) is 16.2. The number of urea groups is 1. The number of hydrogen-bond donors (Lipinski definition) is 4. The zero-order valence-corrected chi connectivity index (χ0v) is 9.12. The number of aromatic nitrogens is 2. The third kappa shape index (κ3) is 2.65. The quantitative estimate of drug-likeness (QED) is 0.608. The number of nitrogens with two attached hydrogens (primary N) is 1. The summed E-state index contributed by atoms with van der Waals surface area (Å²) in [5.41, 5.74) is 6.41.